The summed E-state index contributed by atoms with van der Waals surface area (Å²) < 4.78 is 5.12. The first-order valence-electron chi connectivity index (χ1n) is 4.98. The highest BCUT2D eigenvalue weighted by Gasteiger charge is 2.15. The van der Waals surface area contributed by atoms with E-state index in [1.165, 1.54) is 0 Å². The summed E-state index contributed by atoms with van der Waals surface area (Å²) in [4.78, 5) is 0. The van der Waals surface area contributed by atoms with Gasteiger partial charge in [0.15, 0.2) is 0 Å². The topological polar surface area (TPSA) is 38.1 Å². The summed E-state index contributed by atoms with van der Waals surface area (Å²) in [6.45, 7) is 8.73. The van der Waals surface area contributed by atoms with Crippen LogP contribution in [0.4, 0.5) is 0 Å². The molecule has 0 saturated heterocycles. The number of rotatable bonds is 4. The van der Waals surface area contributed by atoms with E-state index in [-0.39, 0.29) is 6.04 Å². The third kappa shape index (κ3) is 3.08. The third-order valence-corrected chi connectivity index (χ3v) is 2.77. The SMILES string of the molecule is CC(=CCl)CNC(C)c1c(C)noc1C. The molecule has 0 aliphatic heterocycles. The Hall–Kier alpha value is -0.800. The van der Waals surface area contributed by atoms with Crippen LogP contribution in [0.3, 0.4) is 0 Å². The van der Waals surface area contributed by atoms with Crippen molar-refractivity contribution in [2.75, 3.05) is 6.54 Å². The predicted octanol–water partition coefficient (Wildman–Crippen LogP) is 3.08. The third-order valence-electron chi connectivity index (χ3n) is 2.39. The minimum absolute atomic E-state index is 0.225. The van der Waals surface area contributed by atoms with Crippen LogP contribution in [0.15, 0.2) is 15.6 Å². The van der Waals surface area contributed by atoms with Gasteiger partial charge in [0.1, 0.15) is 5.76 Å². The molecule has 0 aliphatic rings. The molecule has 0 amide bonds. The maximum absolute atomic E-state index is 5.59. The van der Waals surface area contributed by atoms with Crippen LogP contribution in [0, 0.1) is 13.8 Å². The van der Waals surface area contributed by atoms with Gasteiger partial charge in [-0.15, -0.1) is 0 Å². The molecule has 1 aromatic heterocycles. The molecule has 0 aromatic carbocycles. The lowest BCUT2D eigenvalue weighted by molar-refractivity contribution is 0.390. The van der Waals surface area contributed by atoms with E-state index in [9.17, 15) is 0 Å². The molecule has 1 heterocycles. The summed E-state index contributed by atoms with van der Waals surface area (Å²) in [5.74, 6) is 0.875. The Morgan fingerprint density at radius 1 is 1.60 bits per heavy atom. The number of nitrogens with one attached hydrogen (secondary N) is 1. The minimum atomic E-state index is 0.225. The summed E-state index contributed by atoms with van der Waals surface area (Å²) in [6, 6.07) is 0.225. The lowest BCUT2D eigenvalue weighted by Gasteiger charge is -2.13. The molecule has 84 valence electrons. The van der Waals surface area contributed by atoms with Crippen LogP contribution < -0.4 is 5.32 Å². The van der Waals surface area contributed by atoms with Crippen molar-refractivity contribution in [2.45, 2.75) is 33.7 Å². The zero-order valence-electron chi connectivity index (χ0n) is 9.60. The van der Waals surface area contributed by atoms with Gasteiger partial charge < -0.3 is 9.84 Å². The Morgan fingerprint density at radius 3 is 2.73 bits per heavy atom. The Labute approximate surface area is 95.5 Å². The lowest BCUT2D eigenvalue weighted by atomic mass is 10.1. The van der Waals surface area contributed by atoms with Crippen molar-refractivity contribution < 1.29 is 4.52 Å². The monoisotopic (exact) mass is 228 g/mol. The molecular weight excluding hydrogens is 212 g/mol. The van der Waals surface area contributed by atoms with E-state index in [0.29, 0.717) is 0 Å². The van der Waals surface area contributed by atoms with E-state index in [1.807, 2.05) is 20.8 Å². The predicted molar refractivity (Wildman–Crippen MR) is 62.0 cm³/mol. The van der Waals surface area contributed by atoms with Crippen LogP contribution in [0.5, 0.6) is 0 Å². The number of nitrogens with zero attached hydrogens (tertiary/aromatic N) is 1. The Balaban J connectivity index is 2.65. The fourth-order valence-electron chi connectivity index (χ4n) is 1.56. The van der Waals surface area contributed by atoms with Gasteiger partial charge in [-0.2, -0.15) is 0 Å². The van der Waals surface area contributed by atoms with E-state index >= 15 is 0 Å². The summed E-state index contributed by atoms with van der Waals surface area (Å²) in [7, 11) is 0. The van der Waals surface area contributed by atoms with E-state index in [1.54, 1.807) is 5.54 Å². The molecule has 0 bridgehead atoms. The first kappa shape index (κ1) is 12.3. The second-order valence-corrected chi connectivity index (χ2v) is 4.01. The summed E-state index contributed by atoms with van der Waals surface area (Å²) in [5.41, 5.74) is 4.78. The van der Waals surface area contributed by atoms with Gasteiger partial charge in [-0.25, -0.2) is 0 Å². The van der Waals surface area contributed by atoms with E-state index in [2.05, 4.69) is 17.4 Å². The summed E-state index contributed by atoms with van der Waals surface area (Å²) in [6.07, 6.45) is 0. The van der Waals surface area contributed by atoms with Gasteiger partial charge >= 0.3 is 0 Å². The maximum atomic E-state index is 5.59. The average Bonchev–Trinajstić information content (AvgIpc) is 2.54. The molecule has 1 N–H and O–H groups in total. The molecule has 1 atom stereocenters. The molecule has 0 radical (unpaired) electrons. The van der Waals surface area contributed by atoms with Crippen molar-refractivity contribution in [1.82, 2.24) is 10.5 Å². The average molecular weight is 229 g/mol. The van der Waals surface area contributed by atoms with Gasteiger partial charge in [-0.1, -0.05) is 16.8 Å². The number of halogens is 1. The molecule has 1 unspecified atom stereocenters. The highest BCUT2D eigenvalue weighted by atomic mass is 35.5. The highest BCUT2D eigenvalue weighted by Crippen LogP contribution is 2.20. The number of aromatic nitrogens is 1. The first-order chi connectivity index (χ1) is 7.06. The molecule has 4 heteroatoms. The zero-order valence-corrected chi connectivity index (χ0v) is 10.4. The first-order valence-corrected chi connectivity index (χ1v) is 5.42. The van der Waals surface area contributed by atoms with Crippen LogP contribution in [0.2, 0.25) is 0 Å². The second-order valence-electron chi connectivity index (χ2n) is 3.80. The molecular formula is C11H17ClN2O. The minimum Gasteiger partial charge on any atom is -0.361 e. The highest BCUT2D eigenvalue weighted by molar-refractivity contribution is 6.25. The Morgan fingerprint density at radius 2 is 2.27 bits per heavy atom. The molecule has 15 heavy (non-hydrogen) atoms. The van der Waals surface area contributed by atoms with E-state index in [0.717, 1.165) is 29.1 Å². The van der Waals surface area contributed by atoms with Gasteiger partial charge in [-0.05, 0) is 33.3 Å². The van der Waals surface area contributed by atoms with Gasteiger partial charge in [0.2, 0.25) is 0 Å². The standard InChI is InChI=1S/C11H17ClN2O/c1-7(5-12)6-13-8(2)11-9(3)14-15-10(11)4/h5,8,13H,6H2,1-4H3. The summed E-state index contributed by atoms with van der Waals surface area (Å²) in [5, 5.41) is 7.29. The smallest absolute Gasteiger partial charge is 0.138 e. The number of hydrogen-bond donors (Lipinski definition) is 1. The van der Waals surface area contributed by atoms with Crippen molar-refractivity contribution in [3.63, 3.8) is 0 Å². The van der Waals surface area contributed by atoms with Gasteiger partial charge in [0.25, 0.3) is 0 Å². The normalized spacial score (nSPS) is 14.3. The molecule has 3 nitrogen and oxygen atoms in total. The molecule has 0 fully saturated rings. The molecule has 0 aliphatic carbocycles. The molecule has 1 aromatic rings. The van der Waals surface area contributed by atoms with Crippen molar-refractivity contribution >= 4 is 11.6 Å². The fourth-order valence-corrected chi connectivity index (χ4v) is 1.64. The quantitative estimate of drug-likeness (QED) is 0.861. The zero-order chi connectivity index (χ0) is 11.4. The van der Waals surface area contributed by atoms with Gasteiger partial charge in [0.05, 0.1) is 5.69 Å². The van der Waals surface area contributed by atoms with E-state index in [4.69, 9.17) is 16.1 Å². The van der Waals surface area contributed by atoms with Crippen LogP contribution in [0.1, 0.15) is 36.9 Å². The Kier molecular flexibility index (Phi) is 4.36. The van der Waals surface area contributed by atoms with Crippen LogP contribution in [0.25, 0.3) is 0 Å². The fraction of sp³-hybridized carbons (Fsp3) is 0.545. The van der Waals surface area contributed by atoms with Crippen LogP contribution in [-0.2, 0) is 0 Å². The van der Waals surface area contributed by atoms with E-state index < -0.39 is 0 Å². The number of hydrogen-bond acceptors (Lipinski definition) is 3. The van der Waals surface area contributed by atoms with Crippen molar-refractivity contribution in [1.29, 1.82) is 0 Å². The second kappa shape index (κ2) is 5.33. The Bertz CT molecular complexity index is 338. The maximum Gasteiger partial charge on any atom is 0.138 e. The van der Waals surface area contributed by atoms with Crippen molar-refractivity contribution in [3.8, 4) is 0 Å². The van der Waals surface area contributed by atoms with Gasteiger partial charge in [-0.3, -0.25) is 0 Å². The molecule has 0 saturated carbocycles. The lowest BCUT2D eigenvalue weighted by Crippen LogP contribution is -2.21. The summed E-state index contributed by atoms with van der Waals surface area (Å²) >= 11 is 5.59. The van der Waals surface area contributed by atoms with Crippen LogP contribution in [-0.4, -0.2) is 11.7 Å². The molecule has 0 spiro atoms. The largest absolute Gasteiger partial charge is 0.361 e. The van der Waals surface area contributed by atoms with Crippen LogP contribution >= 0.6 is 11.6 Å². The molecule has 1 rings (SSSR count). The number of aryl methyl sites for hydroxylation is 2. The van der Waals surface area contributed by atoms with Gasteiger partial charge in [0, 0.05) is 23.7 Å². The van der Waals surface area contributed by atoms with Crippen molar-refractivity contribution in [2.24, 2.45) is 0 Å². The van der Waals surface area contributed by atoms with Crippen molar-refractivity contribution in [3.05, 3.63) is 28.1 Å².